The van der Waals surface area contributed by atoms with Gasteiger partial charge in [-0.3, -0.25) is 0 Å². The summed E-state index contributed by atoms with van der Waals surface area (Å²) in [6.45, 7) is 0. The van der Waals surface area contributed by atoms with Gasteiger partial charge in [-0.1, -0.05) is 0 Å². The summed E-state index contributed by atoms with van der Waals surface area (Å²) < 4.78 is 0. The molecule has 1 aliphatic rings. The van der Waals surface area contributed by atoms with Gasteiger partial charge in [-0.2, -0.15) is 0 Å². The highest BCUT2D eigenvalue weighted by atomic mass is 35.5. The minimum absolute atomic E-state index is 0. The minimum atomic E-state index is -1.46. The number of rotatable bonds is 2. The van der Waals surface area contributed by atoms with Crippen LogP contribution in [0.5, 0.6) is 0 Å². The Morgan fingerprint density at radius 2 is 1.77 bits per heavy atom. The molecular weight excluding hydrogens is 190 g/mol. The molecule has 0 spiro atoms. The molecule has 6 heteroatoms. The molecule has 0 amide bonds. The molecular formula is C7H10BClN2O2. The van der Waals surface area contributed by atoms with E-state index in [9.17, 15) is 0 Å². The maximum absolute atomic E-state index is 8.74. The average Bonchev–Trinajstić information content (AvgIpc) is 2.87. The van der Waals surface area contributed by atoms with Gasteiger partial charge in [0.1, 0.15) is 5.82 Å². The Kier molecular flexibility index (Phi) is 3.25. The zero-order valence-electron chi connectivity index (χ0n) is 6.92. The molecule has 0 aliphatic heterocycles. The molecule has 4 nitrogen and oxygen atoms in total. The summed E-state index contributed by atoms with van der Waals surface area (Å²) >= 11 is 0. The van der Waals surface area contributed by atoms with Crippen molar-refractivity contribution >= 4 is 25.0 Å². The fourth-order valence-electron chi connectivity index (χ4n) is 1.03. The van der Waals surface area contributed by atoms with E-state index in [1.165, 1.54) is 12.4 Å². The summed E-state index contributed by atoms with van der Waals surface area (Å²) in [4.78, 5) is 8.06. The van der Waals surface area contributed by atoms with Crippen molar-refractivity contribution in [2.45, 2.75) is 18.8 Å². The van der Waals surface area contributed by atoms with Gasteiger partial charge >= 0.3 is 7.12 Å². The van der Waals surface area contributed by atoms with E-state index in [4.69, 9.17) is 10.0 Å². The lowest BCUT2D eigenvalue weighted by molar-refractivity contribution is 0.425. The van der Waals surface area contributed by atoms with Gasteiger partial charge in [0.2, 0.25) is 0 Å². The maximum Gasteiger partial charge on any atom is 0.491 e. The van der Waals surface area contributed by atoms with Gasteiger partial charge in [0.05, 0.1) is 0 Å². The third-order valence-corrected chi connectivity index (χ3v) is 1.93. The number of halogens is 1. The Hall–Kier alpha value is -0.645. The standard InChI is InChI=1S/C7H9BN2O2.ClH/c11-8(12)6-3-9-7(10-4-6)5-1-2-5;/h3-5,11-12H,1-2H2;1H. The molecule has 70 valence electrons. The topological polar surface area (TPSA) is 66.2 Å². The van der Waals surface area contributed by atoms with Gasteiger partial charge in [-0.25, -0.2) is 9.97 Å². The molecule has 0 bridgehead atoms. The molecule has 2 rings (SSSR count). The maximum atomic E-state index is 8.74. The second-order valence-corrected chi connectivity index (χ2v) is 3.02. The molecule has 1 heterocycles. The second kappa shape index (κ2) is 4.04. The van der Waals surface area contributed by atoms with E-state index >= 15 is 0 Å². The van der Waals surface area contributed by atoms with E-state index in [2.05, 4.69) is 9.97 Å². The van der Waals surface area contributed by atoms with Crippen molar-refractivity contribution in [3.8, 4) is 0 Å². The molecule has 0 radical (unpaired) electrons. The third kappa shape index (κ3) is 2.40. The van der Waals surface area contributed by atoms with Crippen molar-refractivity contribution in [3.05, 3.63) is 18.2 Å². The normalized spacial score (nSPS) is 14.9. The molecule has 13 heavy (non-hydrogen) atoms. The van der Waals surface area contributed by atoms with Crippen LogP contribution in [0.1, 0.15) is 24.6 Å². The van der Waals surface area contributed by atoms with Crippen molar-refractivity contribution in [3.63, 3.8) is 0 Å². The zero-order valence-corrected chi connectivity index (χ0v) is 7.74. The van der Waals surface area contributed by atoms with Crippen LogP contribution in [0.2, 0.25) is 0 Å². The number of nitrogens with zero attached hydrogens (tertiary/aromatic N) is 2. The predicted octanol–water partition coefficient (Wildman–Crippen LogP) is -0.544. The SMILES string of the molecule is Cl.OB(O)c1cnc(C2CC2)nc1. The molecule has 1 aromatic rings. The van der Waals surface area contributed by atoms with Crippen LogP contribution in [-0.2, 0) is 0 Å². The fourth-order valence-corrected chi connectivity index (χ4v) is 1.03. The van der Waals surface area contributed by atoms with Gasteiger partial charge in [-0.05, 0) is 12.8 Å². The first-order chi connectivity index (χ1) is 5.77. The van der Waals surface area contributed by atoms with Crippen LogP contribution >= 0.6 is 12.4 Å². The first kappa shape index (κ1) is 10.4. The Labute approximate surface area is 82.6 Å². The molecule has 1 saturated carbocycles. The highest BCUT2D eigenvalue weighted by molar-refractivity contribution is 6.58. The quantitative estimate of drug-likeness (QED) is 0.629. The Morgan fingerprint density at radius 3 is 2.15 bits per heavy atom. The summed E-state index contributed by atoms with van der Waals surface area (Å²) in [5.41, 5.74) is 0.347. The molecule has 1 fully saturated rings. The molecule has 0 unspecified atom stereocenters. The molecule has 1 aliphatic carbocycles. The Bertz CT molecular complexity index is 255. The molecule has 2 N–H and O–H groups in total. The van der Waals surface area contributed by atoms with E-state index in [0.717, 1.165) is 18.7 Å². The lowest BCUT2D eigenvalue weighted by atomic mass is 9.83. The van der Waals surface area contributed by atoms with Crippen LogP contribution in [0.4, 0.5) is 0 Å². The van der Waals surface area contributed by atoms with Crippen LogP contribution in [0, 0.1) is 0 Å². The minimum Gasteiger partial charge on any atom is -0.423 e. The first-order valence-electron chi connectivity index (χ1n) is 3.95. The third-order valence-electron chi connectivity index (χ3n) is 1.93. The number of hydrogen-bond donors (Lipinski definition) is 2. The highest BCUT2D eigenvalue weighted by Crippen LogP contribution is 2.37. The van der Waals surface area contributed by atoms with Crippen molar-refractivity contribution in [2.75, 3.05) is 0 Å². The van der Waals surface area contributed by atoms with Gasteiger partial charge in [0.25, 0.3) is 0 Å². The second-order valence-electron chi connectivity index (χ2n) is 3.02. The van der Waals surface area contributed by atoms with Crippen molar-refractivity contribution in [2.24, 2.45) is 0 Å². The van der Waals surface area contributed by atoms with E-state index in [1.54, 1.807) is 0 Å². The first-order valence-corrected chi connectivity index (χ1v) is 3.95. The fraction of sp³-hybridized carbons (Fsp3) is 0.429. The smallest absolute Gasteiger partial charge is 0.423 e. The largest absolute Gasteiger partial charge is 0.491 e. The summed E-state index contributed by atoms with van der Waals surface area (Å²) in [7, 11) is -1.46. The van der Waals surface area contributed by atoms with Crippen LogP contribution < -0.4 is 5.46 Å². The molecule has 0 saturated heterocycles. The van der Waals surface area contributed by atoms with Gasteiger partial charge < -0.3 is 10.0 Å². The Balaban J connectivity index is 0.000000845. The van der Waals surface area contributed by atoms with Crippen LogP contribution in [0.25, 0.3) is 0 Å². The predicted molar refractivity (Wildman–Crippen MR) is 51.1 cm³/mol. The lowest BCUT2D eigenvalue weighted by Gasteiger charge is -1.98. The summed E-state index contributed by atoms with van der Waals surface area (Å²) in [6.07, 6.45) is 5.23. The number of hydrogen-bond acceptors (Lipinski definition) is 4. The van der Waals surface area contributed by atoms with Crippen molar-refractivity contribution < 1.29 is 10.0 Å². The van der Waals surface area contributed by atoms with Crippen molar-refractivity contribution in [1.29, 1.82) is 0 Å². The summed E-state index contributed by atoms with van der Waals surface area (Å²) in [5.74, 6) is 1.33. The van der Waals surface area contributed by atoms with Crippen LogP contribution in [-0.4, -0.2) is 27.1 Å². The number of aromatic nitrogens is 2. The van der Waals surface area contributed by atoms with E-state index < -0.39 is 7.12 Å². The van der Waals surface area contributed by atoms with Crippen LogP contribution in [0.15, 0.2) is 12.4 Å². The average molecular weight is 200 g/mol. The zero-order chi connectivity index (χ0) is 8.55. The van der Waals surface area contributed by atoms with E-state index in [1.807, 2.05) is 0 Å². The van der Waals surface area contributed by atoms with Gasteiger partial charge in [0, 0.05) is 23.8 Å². The van der Waals surface area contributed by atoms with Gasteiger partial charge in [-0.15, -0.1) is 12.4 Å². The lowest BCUT2D eigenvalue weighted by Crippen LogP contribution is -2.30. The highest BCUT2D eigenvalue weighted by Gasteiger charge is 2.26. The monoisotopic (exact) mass is 200 g/mol. The molecule has 0 aromatic carbocycles. The Morgan fingerprint density at radius 1 is 1.23 bits per heavy atom. The molecule has 1 aromatic heterocycles. The van der Waals surface area contributed by atoms with Crippen molar-refractivity contribution in [1.82, 2.24) is 9.97 Å². The van der Waals surface area contributed by atoms with E-state index in [0.29, 0.717) is 11.4 Å². The molecule has 0 atom stereocenters. The van der Waals surface area contributed by atoms with Gasteiger partial charge in [0.15, 0.2) is 0 Å². The van der Waals surface area contributed by atoms with Crippen LogP contribution in [0.3, 0.4) is 0 Å². The summed E-state index contributed by atoms with van der Waals surface area (Å²) in [6, 6.07) is 0. The summed E-state index contributed by atoms with van der Waals surface area (Å²) in [5, 5.41) is 17.5. The van der Waals surface area contributed by atoms with E-state index in [-0.39, 0.29) is 12.4 Å².